The number of anilines is 1. The van der Waals surface area contributed by atoms with Gasteiger partial charge in [-0.3, -0.25) is 4.79 Å². The number of para-hydroxylation sites is 1. The molecule has 116 valence electrons. The second-order valence-corrected chi connectivity index (χ2v) is 6.76. The van der Waals surface area contributed by atoms with E-state index in [0.29, 0.717) is 11.1 Å². The van der Waals surface area contributed by atoms with E-state index >= 15 is 0 Å². The van der Waals surface area contributed by atoms with Crippen LogP contribution in [-0.2, 0) is 4.79 Å². The average Bonchev–Trinajstić information content (AvgIpc) is 3.04. The van der Waals surface area contributed by atoms with Gasteiger partial charge in [-0.2, -0.15) is 0 Å². The number of rotatable bonds is 5. The molecule has 0 unspecified atom stereocenters. The maximum atomic E-state index is 11.9. The Hall–Kier alpha value is -1.87. The Morgan fingerprint density at radius 3 is 2.57 bits per heavy atom. The molecule has 3 rings (SSSR count). The van der Waals surface area contributed by atoms with Gasteiger partial charge in [0.2, 0.25) is 11.8 Å². The summed E-state index contributed by atoms with van der Waals surface area (Å²) < 4.78 is 6.71. The van der Waals surface area contributed by atoms with Gasteiger partial charge in [0.1, 0.15) is 0 Å². The van der Waals surface area contributed by atoms with E-state index in [-0.39, 0.29) is 11.7 Å². The molecule has 7 heteroatoms. The molecule has 0 aliphatic heterocycles. The van der Waals surface area contributed by atoms with E-state index in [9.17, 15) is 4.79 Å². The minimum atomic E-state index is -0.116. The minimum Gasteiger partial charge on any atom is -0.411 e. The topological polar surface area (TPSA) is 68.0 Å². The van der Waals surface area contributed by atoms with Crippen molar-refractivity contribution < 1.29 is 9.21 Å². The van der Waals surface area contributed by atoms with Crippen molar-refractivity contribution in [3.05, 3.63) is 58.2 Å². The summed E-state index contributed by atoms with van der Waals surface area (Å²) in [5.74, 6) is 0.547. The van der Waals surface area contributed by atoms with Gasteiger partial charge in [0.05, 0.1) is 5.75 Å². The molecule has 0 saturated carbocycles. The molecule has 0 aliphatic carbocycles. The Kier molecular flexibility index (Phi) is 5.29. The average molecular weight is 437 g/mol. The van der Waals surface area contributed by atoms with Crippen LogP contribution in [0.15, 0.2) is 64.2 Å². The maximum absolute atomic E-state index is 11.9. The molecule has 1 heterocycles. The summed E-state index contributed by atoms with van der Waals surface area (Å²) in [7, 11) is 0. The van der Waals surface area contributed by atoms with Crippen molar-refractivity contribution in [2.75, 3.05) is 11.1 Å². The van der Waals surface area contributed by atoms with Gasteiger partial charge in [0.25, 0.3) is 5.22 Å². The summed E-state index contributed by atoms with van der Waals surface area (Å²) in [5, 5.41) is 11.1. The first-order chi connectivity index (χ1) is 11.2. The summed E-state index contributed by atoms with van der Waals surface area (Å²) in [6.07, 6.45) is 0. The molecule has 0 radical (unpaired) electrons. The fourth-order valence-corrected chi connectivity index (χ4v) is 2.75. The van der Waals surface area contributed by atoms with Crippen LogP contribution >= 0.6 is 34.4 Å². The van der Waals surface area contributed by atoms with E-state index in [1.165, 1.54) is 11.8 Å². The van der Waals surface area contributed by atoms with Crippen molar-refractivity contribution in [3.8, 4) is 11.5 Å². The van der Waals surface area contributed by atoms with Gasteiger partial charge in [-0.05, 0) is 59.0 Å². The Bertz CT molecular complexity index is 791. The molecule has 0 atom stereocenters. The molecular weight excluding hydrogens is 425 g/mol. The van der Waals surface area contributed by atoms with Gasteiger partial charge < -0.3 is 9.73 Å². The monoisotopic (exact) mass is 437 g/mol. The summed E-state index contributed by atoms with van der Waals surface area (Å²) in [6, 6.07) is 17.1. The van der Waals surface area contributed by atoms with E-state index in [4.69, 9.17) is 4.42 Å². The lowest BCUT2D eigenvalue weighted by Crippen LogP contribution is -2.13. The van der Waals surface area contributed by atoms with Gasteiger partial charge in [0, 0.05) is 14.8 Å². The predicted molar refractivity (Wildman–Crippen MR) is 98.2 cm³/mol. The van der Waals surface area contributed by atoms with E-state index in [1.807, 2.05) is 54.6 Å². The number of hydrogen-bond donors (Lipinski definition) is 1. The lowest BCUT2D eigenvalue weighted by atomic mass is 10.2. The first-order valence-electron chi connectivity index (χ1n) is 6.78. The standard InChI is InChI=1S/C16H12IN3O2S/c17-12-8-6-11(7-9-12)15-19-20-16(22-15)23-10-14(21)18-13-4-2-1-3-5-13/h1-9H,10H2,(H,18,21). The number of nitrogens with one attached hydrogen (secondary N) is 1. The van der Waals surface area contributed by atoms with Crippen LogP contribution in [0.25, 0.3) is 11.5 Å². The second kappa shape index (κ2) is 7.60. The van der Waals surface area contributed by atoms with Crippen molar-refractivity contribution in [2.24, 2.45) is 0 Å². The zero-order valence-electron chi connectivity index (χ0n) is 11.9. The Morgan fingerprint density at radius 1 is 1.09 bits per heavy atom. The number of thioether (sulfide) groups is 1. The summed E-state index contributed by atoms with van der Waals surface area (Å²) in [5.41, 5.74) is 1.63. The first kappa shape index (κ1) is 16.0. The highest BCUT2D eigenvalue weighted by Crippen LogP contribution is 2.23. The number of benzene rings is 2. The number of carbonyl (C=O) groups is 1. The molecule has 0 spiro atoms. The van der Waals surface area contributed by atoms with Crippen LogP contribution in [-0.4, -0.2) is 21.9 Å². The smallest absolute Gasteiger partial charge is 0.277 e. The van der Waals surface area contributed by atoms with Crippen LogP contribution in [0.4, 0.5) is 5.69 Å². The second-order valence-electron chi connectivity index (χ2n) is 4.58. The molecule has 0 fully saturated rings. The SMILES string of the molecule is O=C(CSc1nnc(-c2ccc(I)cc2)o1)Nc1ccccc1. The highest BCUT2D eigenvalue weighted by Gasteiger charge is 2.11. The molecular formula is C16H12IN3O2S. The Labute approximate surface area is 151 Å². The first-order valence-corrected chi connectivity index (χ1v) is 8.84. The molecule has 0 bridgehead atoms. The van der Waals surface area contributed by atoms with Gasteiger partial charge in [0.15, 0.2) is 0 Å². The summed E-state index contributed by atoms with van der Waals surface area (Å²) in [6.45, 7) is 0. The van der Waals surface area contributed by atoms with Crippen molar-refractivity contribution in [3.63, 3.8) is 0 Å². The van der Waals surface area contributed by atoms with Crippen LogP contribution in [0.3, 0.4) is 0 Å². The third kappa shape index (κ3) is 4.55. The summed E-state index contributed by atoms with van der Waals surface area (Å²) in [4.78, 5) is 11.9. The van der Waals surface area contributed by atoms with E-state index in [1.54, 1.807) is 0 Å². The number of nitrogens with zero attached hydrogens (tertiary/aromatic N) is 2. The fourth-order valence-electron chi connectivity index (χ4n) is 1.82. The lowest BCUT2D eigenvalue weighted by molar-refractivity contribution is -0.113. The molecule has 1 aromatic heterocycles. The van der Waals surface area contributed by atoms with Crippen molar-refractivity contribution in [1.82, 2.24) is 10.2 Å². The normalized spacial score (nSPS) is 10.5. The highest BCUT2D eigenvalue weighted by atomic mass is 127. The van der Waals surface area contributed by atoms with Gasteiger partial charge in [-0.15, -0.1) is 10.2 Å². The molecule has 0 saturated heterocycles. The Balaban J connectivity index is 1.57. The molecule has 1 N–H and O–H groups in total. The molecule has 23 heavy (non-hydrogen) atoms. The molecule has 0 aliphatic rings. The maximum Gasteiger partial charge on any atom is 0.277 e. The van der Waals surface area contributed by atoms with Gasteiger partial charge >= 0.3 is 0 Å². The molecule has 2 aromatic carbocycles. The van der Waals surface area contributed by atoms with Crippen molar-refractivity contribution in [1.29, 1.82) is 0 Å². The number of aromatic nitrogens is 2. The number of amides is 1. The number of carbonyl (C=O) groups excluding carboxylic acids is 1. The number of halogens is 1. The predicted octanol–water partition coefficient (Wildman–Crippen LogP) is 4.07. The fraction of sp³-hybridized carbons (Fsp3) is 0.0625. The van der Waals surface area contributed by atoms with Crippen LogP contribution in [0.2, 0.25) is 0 Å². The van der Waals surface area contributed by atoms with Crippen LogP contribution < -0.4 is 5.32 Å². The third-order valence-corrected chi connectivity index (χ3v) is 4.42. The van der Waals surface area contributed by atoms with Gasteiger partial charge in [-0.1, -0.05) is 30.0 Å². The van der Waals surface area contributed by atoms with Crippen LogP contribution in [0.5, 0.6) is 0 Å². The quantitative estimate of drug-likeness (QED) is 0.482. The molecule has 1 amide bonds. The lowest BCUT2D eigenvalue weighted by Gasteiger charge is -2.02. The van der Waals surface area contributed by atoms with Crippen LogP contribution in [0.1, 0.15) is 0 Å². The number of hydrogen-bond acceptors (Lipinski definition) is 5. The van der Waals surface area contributed by atoms with Gasteiger partial charge in [-0.25, -0.2) is 0 Å². The largest absolute Gasteiger partial charge is 0.411 e. The summed E-state index contributed by atoms with van der Waals surface area (Å²) >= 11 is 3.45. The molecule has 3 aromatic rings. The zero-order chi connectivity index (χ0) is 16.1. The molecule has 5 nitrogen and oxygen atoms in total. The van der Waals surface area contributed by atoms with Crippen LogP contribution in [0, 0.1) is 3.57 Å². The minimum absolute atomic E-state index is 0.116. The zero-order valence-corrected chi connectivity index (χ0v) is 14.9. The van der Waals surface area contributed by atoms with Crippen molar-refractivity contribution in [2.45, 2.75) is 5.22 Å². The highest BCUT2D eigenvalue weighted by molar-refractivity contribution is 14.1. The van der Waals surface area contributed by atoms with E-state index < -0.39 is 0 Å². The Morgan fingerprint density at radius 2 is 1.83 bits per heavy atom. The van der Waals surface area contributed by atoms with Crippen molar-refractivity contribution >= 4 is 45.9 Å². The third-order valence-electron chi connectivity index (χ3n) is 2.88. The van der Waals surface area contributed by atoms with E-state index in [0.717, 1.165) is 14.8 Å². The van der Waals surface area contributed by atoms with E-state index in [2.05, 4.69) is 38.1 Å².